The molecule has 0 aromatic heterocycles. The summed E-state index contributed by atoms with van der Waals surface area (Å²) in [7, 11) is 0. The van der Waals surface area contributed by atoms with Crippen LogP contribution < -0.4 is 5.32 Å². The van der Waals surface area contributed by atoms with Crippen LogP contribution >= 0.6 is 15.9 Å². The molecule has 1 aromatic rings. The SMILES string of the molecule is Fc1ccc(Br)cc1COCC1CCNCC1. The van der Waals surface area contributed by atoms with Crippen molar-refractivity contribution < 1.29 is 9.13 Å². The standard InChI is InChI=1S/C13H17BrFNO/c14-12-1-2-13(15)11(7-12)9-17-8-10-3-5-16-6-4-10/h1-2,7,10,16H,3-6,8-9H2. The lowest BCUT2D eigenvalue weighted by Gasteiger charge is -2.22. The summed E-state index contributed by atoms with van der Waals surface area (Å²) < 4.78 is 19.9. The van der Waals surface area contributed by atoms with Crippen LogP contribution in [0.5, 0.6) is 0 Å². The molecule has 0 spiro atoms. The van der Waals surface area contributed by atoms with E-state index in [1.54, 1.807) is 12.1 Å². The smallest absolute Gasteiger partial charge is 0.128 e. The summed E-state index contributed by atoms with van der Waals surface area (Å²) in [4.78, 5) is 0. The van der Waals surface area contributed by atoms with Gasteiger partial charge in [0.1, 0.15) is 5.82 Å². The average molecular weight is 302 g/mol. The Labute approximate surface area is 110 Å². The summed E-state index contributed by atoms with van der Waals surface area (Å²) >= 11 is 3.33. The second-order valence-corrected chi connectivity index (χ2v) is 5.36. The van der Waals surface area contributed by atoms with Crippen LogP contribution in [0.1, 0.15) is 18.4 Å². The number of ether oxygens (including phenoxy) is 1. The van der Waals surface area contributed by atoms with Gasteiger partial charge in [0, 0.05) is 16.6 Å². The molecule has 1 aromatic carbocycles. The largest absolute Gasteiger partial charge is 0.376 e. The van der Waals surface area contributed by atoms with Crippen molar-refractivity contribution in [3.8, 4) is 0 Å². The summed E-state index contributed by atoms with van der Waals surface area (Å²) in [6, 6.07) is 4.94. The first-order chi connectivity index (χ1) is 8.25. The van der Waals surface area contributed by atoms with E-state index >= 15 is 0 Å². The van der Waals surface area contributed by atoms with Crippen LogP contribution in [0.3, 0.4) is 0 Å². The molecular formula is C13H17BrFNO. The van der Waals surface area contributed by atoms with Crippen molar-refractivity contribution in [3.63, 3.8) is 0 Å². The zero-order valence-corrected chi connectivity index (χ0v) is 11.3. The van der Waals surface area contributed by atoms with E-state index in [9.17, 15) is 4.39 Å². The topological polar surface area (TPSA) is 21.3 Å². The Bertz CT molecular complexity index is 366. The monoisotopic (exact) mass is 301 g/mol. The van der Waals surface area contributed by atoms with Gasteiger partial charge < -0.3 is 10.1 Å². The molecule has 94 valence electrons. The Morgan fingerprint density at radius 2 is 2.12 bits per heavy atom. The average Bonchev–Trinajstić information content (AvgIpc) is 2.35. The van der Waals surface area contributed by atoms with E-state index in [1.165, 1.54) is 6.07 Å². The predicted molar refractivity (Wildman–Crippen MR) is 69.3 cm³/mol. The number of nitrogens with one attached hydrogen (secondary N) is 1. The summed E-state index contributed by atoms with van der Waals surface area (Å²) in [6.07, 6.45) is 2.31. The first-order valence-electron chi connectivity index (χ1n) is 5.98. The van der Waals surface area contributed by atoms with Gasteiger partial charge in [-0.2, -0.15) is 0 Å². The molecule has 0 amide bonds. The summed E-state index contributed by atoms with van der Waals surface area (Å²) in [6.45, 7) is 3.22. The minimum absolute atomic E-state index is 0.196. The first-order valence-corrected chi connectivity index (χ1v) is 6.77. The predicted octanol–water partition coefficient (Wildman–Crippen LogP) is 3.10. The second-order valence-electron chi connectivity index (χ2n) is 4.44. The summed E-state index contributed by atoms with van der Waals surface area (Å²) in [5.74, 6) is 0.421. The first kappa shape index (κ1) is 13.0. The number of benzene rings is 1. The van der Waals surface area contributed by atoms with Gasteiger partial charge in [-0.25, -0.2) is 4.39 Å². The maximum absolute atomic E-state index is 13.4. The Morgan fingerprint density at radius 1 is 1.35 bits per heavy atom. The number of halogens is 2. The number of hydrogen-bond acceptors (Lipinski definition) is 2. The summed E-state index contributed by atoms with van der Waals surface area (Å²) in [5, 5.41) is 3.32. The van der Waals surface area contributed by atoms with E-state index in [0.29, 0.717) is 18.1 Å². The molecule has 1 fully saturated rings. The van der Waals surface area contributed by atoms with Crippen LogP contribution in [0, 0.1) is 11.7 Å². The minimum Gasteiger partial charge on any atom is -0.376 e. The van der Waals surface area contributed by atoms with Crippen molar-refractivity contribution in [1.82, 2.24) is 5.32 Å². The fourth-order valence-corrected chi connectivity index (χ4v) is 2.45. The van der Waals surface area contributed by atoms with Crippen LogP contribution in [0.2, 0.25) is 0 Å². The Kier molecular flexibility index (Phi) is 4.95. The zero-order valence-electron chi connectivity index (χ0n) is 9.72. The second kappa shape index (κ2) is 6.47. The molecule has 17 heavy (non-hydrogen) atoms. The quantitative estimate of drug-likeness (QED) is 0.923. The molecule has 1 N–H and O–H groups in total. The van der Waals surface area contributed by atoms with Crippen molar-refractivity contribution in [3.05, 3.63) is 34.1 Å². The van der Waals surface area contributed by atoms with Gasteiger partial charge in [-0.05, 0) is 50.0 Å². The number of rotatable bonds is 4. The molecule has 0 bridgehead atoms. The highest BCUT2D eigenvalue weighted by atomic mass is 79.9. The Balaban J connectivity index is 1.79. The van der Waals surface area contributed by atoms with Gasteiger partial charge in [0.15, 0.2) is 0 Å². The van der Waals surface area contributed by atoms with Gasteiger partial charge in [-0.15, -0.1) is 0 Å². The van der Waals surface area contributed by atoms with Crippen LogP contribution in [0.4, 0.5) is 4.39 Å². The molecule has 0 atom stereocenters. The van der Waals surface area contributed by atoms with Gasteiger partial charge in [-0.1, -0.05) is 15.9 Å². The molecule has 2 nitrogen and oxygen atoms in total. The van der Waals surface area contributed by atoms with Gasteiger partial charge in [0.2, 0.25) is 0 Å². The number of piperidine rings is 1. The van der Waals surface area contributed by atoms with Gasteiger partial charge in [-0.3, -0.25) is 0 Å². The molecule has 1 heterocycles. The van der Waals surface area contributed by atoms with E-state index in [2.05, 4.69) is 21.2 Å². The van der Waals surface area contributed by atoms with Crippen molar-refractivity contribution in [2.45, 2.75) is 19.4 Å². The maximum atomic E-state index is 13.4. The van der Waals surface area contributed by atoms with Gasteiger partial charge in [0.25, 0.3) is 0 Å². The van der Waals surface area contributed by atoms with E-state index < -0.39 is 0 Å². The minimum atomic E-state index is -0.196. The highest BCUT2D eigenvalue weighted by Crippen LogP contribution is 2.18. The van der Waals surface area contributed by atoms with E-state index in [1.807, 2.05) is 0 Å². The van der Waals surface area contributed by atoms with Crippen molar-refractivity contribution >= 4 is 15.9 Å². The molecule has 0 aliphatic carbocycles. The molecule has 1 aliphatic rings. The van der Waals surface area contributed by atoms with Gasteiger partial charge >= 0.3 is 0 Å². The fraction of sp³-hybridized carbons (Fsp3) is 0.538. The van der Waals surface area contributed by atoms with Crippen molar-refractivity contribution in [1.29, 1.82) is 0 Å². The highest BCUT2D eigenvalue weighted by Gasteiger charge is 2.13. The lowest BCUT2D eigenvalue weighted by molar-refractivity contribution is 0.0746. The molecule has 1 aliphatic heterocycles. The molecule has 2 rings (SSSR count). The summed E-state index contributed by atoms with van der Waals surface area (Å²) in [5.41, 5.74) is 0.619. The lowest BCUT2D eigenvalue weighted by atomic mass is 9.99. The van der Waals surface area contributed by atoms with E-state index in [0.717, 1.165) is 37.0 Å². The molecule has 4 heteroatoms. The number of hydrogen-bond donors (Lipinski definition) is 1. The third kappa shape index (κ3) is 4.05. The third-order valence-electron chi connectivity index (χ3n) is 3.08. The van der Waals surface area contributed by atoms with Crippen LogP contribution in [0.25, 0.3) is 0 Å². The Morgan fingerprint density at radius 3 is 2.88 bits per heavy atom. The molecular weight excluding hydrogens is 285 g/mol. The molecule has 0 radical (unpaired) electrons. The van der Waals surface area contributed by atoms with Crippen molar-refractivity contribution in [2.75, 3.05) is 19.7 Å². The van der Waals surface area contributed by atoms with Crippen LogP contribution in [-0.4, -0.2) is 19.7 Å². The highest BCUT2D eigenvalue weighted by molar-refractivity contribution is 9.10. The fourth-order valence-electron chi connectivity index (χ4n) is 2.04. The maximum Gasteiger partial charge on any atom is 0.128 e. The van der Waals surface area contributed by atoms with E-state index in [-0.39, 0.29) is 5.82 Å². The molecule has 0 unspecified atom stereocenters. The van der Waals surface area contributed by atoms with Crippen molar-refractivity contribution in [2.24, 2.45) is 5.92 Å². The zero-order chi connectivity index (χ0) is 12.1. The lowest BCUT2D eigenvalue weighted by Crippen LogP contribution is -2.29. The van der Waals surface area contributed by atoms with Gasteiger partial charge in [0.05, 0.1) is 6.61 Å². The third-order valence-corrected chi connectivity index (χ3v) is 3.57. The normalized spacial score (nSPS) is 17.3. The molecule has 0 saturated carbocycles. The Hall–Kier alpha value is -0.450. The van der Waals surface area contributed by atoms with Crippen LogP contribution in [0.15, 0.2) is 22.7 Å². The molecule has 1 saturated heterocycles. The van der Waals surface area contributed by atoms with E-state index in [4.69, 9.17) is 4.74 Å². The van der Waals surface area contributed by atoms with Crippen LogP contribution in [-0.2, 0) is 11.3 Å².